The van der Waals surface area contributed by atoms with Gasteiger partial charge >= 0.3 is 5.97 Å². The van der Waals surface area contributed by atoms with Gasteiger partial charge in [0, 0.05) is 21.3 Å². The molecule has 0 aliphatic carbocycles. The molecule has 0 fully saturated rings. The van der Waals surface area contributed by atoms with E-state index >= 15 is 0 Å². The highest BCUT2D eigenvalue weighted by molar-refractivity contribution is 9.10. The van der Waals surface area contributed by atoms with Crippen LogP contribution in [0.1, 0.15) is 36.6 Å². The van der Waals surface area contributed by atoms with Gasteiger partial charge in [-0.05, 0) is 73.5 Å². The van der Waals surface area contributed by atoms with Gasteiger partial charge < -0.3 is 18.9 Å². The Kier molecular flexibility index (Phi) is 9.69. The normalized spacial score (nSPS) is 14.4. The zero-order chi connectivity index (χ0) is 30.5. The number of benzene rings is 3. The third kappa shape index (κ3) is 6.71. The number of carbonyl (C=O) groups excluding carboxylic acids is 1. The molecule has 3 aromatic carbocycles. The lowest BCUT2D eigenvalue weighted by Gasteiger charge is -2.23. The average molecular weight is 684 g/mol. The first-order valence-corrected chi connectivity index (χ1v) is 15.5. The molecule has 11 heteroatoms. The molecule has 8 nitrogen and oxygen atoms in total. The van der Waals surface area contributed by atoms with Crippen molar-refractivity contribution in [3.63, 3.8) is 0 Å². The van der Waals surface area contributed by atoms with E-state index < -0.39 is 12.0 Å². The molecule has 1 aliphatic heterocycles. The summed E-state index contributed by atoms with van der Waals surface area (Å²) in [4.78, 5) is 31.8. The van der Waals surface area contributed by atoms with E-state index in [4.69, 9.17) is 30.5 Å². The third-order valence-corrected chi connectivity index (χ3v) is 8.28. The Morgan fingerprint density at radius 3 is 2.53 bits per heavy atom. The number of carbonyl (C=O) groups is 1. The molecular weight excluding hydrogens is 656 g/mol. The van der Waals surface area contributed by atoms with E-state index in [2.05, 4.69) is 20.9 Å². The Bertz CT molecular complexity index is 1880. The van der Waals surface area contributed by atoms with Gasteiger partial charge in [-0.25, -0.2) is 9.79 Å². The molecule has 0 N–H and O–H groups in total. The van der Waals surface area contributed by atoms with Crippen molar-refractivity contribution in [2.45, 2.75) is 26.5 Å². The molecule has 1 aliphatic rings. The van der Waals surface area contributed by atoms with Gasteiger partial charge in [-0.15, -0.1) is 0 Å². The van der Waals surface area contributed by atoms with Gasteiger partial charge in [0.2, 0.25) is 0 Å². The fourth-order valence-electron chi connectivity index (χ4n) is 4.68. The van der Waals surface area contributed by atoms with Gasteiger partial charge in [-0.3, -0.25) is 9.36 Å². The van der Waals surface area contributed by atoms with Crippen molar-refractivity contribution >= 4 is 50.9 Å². The van der Waals surface area contributed by atoms with E-state index in [-0.39, 0.29) is 11.1 Å². The van der Waals surface area contributed by atoms with E-state index in [1.165, 1.54) is 29.2 Å². The second-order valence-electron chi connectivity index (χ2n) is 9.35. The first-order chi connectivity index (χ1) is 20.8. The van der Waals surface area contributed by atoms with Gasteiger partial charge in [0.25, 0.3) is 5.56 Å². The summed E-state index contributed by atoms with van der Waals surface area (Å²) in [6.45, 7) is 4.94. The van der Waals surface area contributed by atoms with Gasteiger partial charge in [-0.1, -0.05) is 57.1 Å². The Morgan fingerprint density at radius 2 is 1.79 bits per heavy atom. The van der Waals surface area contributed by atoms with Crippen molar-refractivity contribution in [3.05, 3.63) is 118 Å². The number of methoxy groups -OCH3 is 1. The first-order valence-electron chi connectivity index (χ1n) is 13.5. The van der Waals surface area contributed by atoms with Crippen LogP contribution in [0.4, 0.5) is 0 Å². The molecule has 0 amide bonds. The van der Waals surface area contributed by atoms with Crippen molar-refractivity contribution in [3.8, 4) is 17.2 Å². The number of ether oxygens (including phenoxy) is 4. The molecule has 43 heavy (non-hydrogen) atoms. The predicted molar refractivity (Wildman–Crippen MR) is 170 cm³/mol. The van der Waals surface area contributed by atoms with Gasteiger partial charge in [-0.2, -0.15) is 0 Å². The minimum Gasteiger partial charge on any atom is -0.490 e. The lowest BCUT2D eigenvalue weighted by Crippen LogP contribution is -2.39. The molecule has 0 spiro atoms. The maximum absolute atomic E-state index is 14.0. The quantitative estimate of drug-likeness (QED) is 0.196. The number of hydrogen-bond acceptors (Lipinski definition) is 8. The molecule has 0 bridgehead atoms. The SMILES string of the molecule is CCOc1ccc([C@@H]2C(C(=O)OC)=CN=c3s/c(=C/c4cc(Br)ccc4OCc4cccc(Cl)c4)c(=O)n32)cc1OCC. The number of nitrogens with zero attached hydrogens (tertiary/aromatic N) is 2. The zero-order valence-corrected chi connectivity index (χ0v) is 26.8. The Hall–Kier alpha value is -3.86. The highest BCUT2D eigenvalue weighted by Crippen LogP contribution is 2.35. The molecule has 1 atom stereocenters. The summed E-state index contributed by atoms with van der Waals surface area (Å²) in [7, 11) is 1.30. The molecule has 0 unspecified atom stereocenters. The van der Waals surface area contributed by atoms with Crippen LogP contribution in [0.15, 0.2) is 86.7 Å². The number of rotatable bonds is 10. The molecule has 0 saturated heterocycles. The topological polar surface area (TPSA) is 88.4 Å². The highest BCUT2D eigenvalue weighted by Gasteiger charge is 2.31. The van der Waals surface area contributed by atoms with E-state index in [1.807, 2.05) is 56.3 Å². The maximum Gasteiger partial charge on any atom is 0.337 e. The fraction of sp³-hybridized carbons (Fsp3) is 0.219. The van der Waals surface area contributed by atoms with Crippen molar-refractivity contribution in [2.75, 3.05) is 20.3 Å². The third-order valence-electron chi connectivity index (χ3n) is 6.55. The molecule has 222 valence electrons. The van der Waals surface area contributed by atoms with Crippen molar-refractivity contribution in [1.82, 2.24) is 4.57 Å². The number of esters is 1. The Morgan fingerprint density at radius 1 is 1.02 bits per heavy atom. The summed E-state index contributed by atoms with van der Waals surface area (Å²) in [5.74, 6) is 1.09. The first kappa shape index (κ1) is 30.6. The maximum atomic E-state index is 14.0. The average Bonchev–Trinajstić information content (AvgIpc) is 3.31. The van der Waals surface area contributed by atoms with Crippen molar-refractivity contribution < 1.29 is 23.7 Å². The zero-order valence-electron chi connectivity index (χ0n) is 23.6. The van der Waals surface area contributed by atoms with Crippen LogP contribution in [0.2, 0.25) is 5.02 Å². The Labute approximate surface area is 265 Å². The van der Waals surface area contributed by atoms with Crippen LogP contribution in [-0.2, 0) is 16.1 Å². The standard InChI is InChI=1S/C32H28BrClN2O6S/c1-4-40-26-11-9-20(15-27(26)41-5-2)29-24(31(38)39-3)17-35-32-36(29)30(37)28(43-32)16-21-14-22(33)10-12-25(21)42-18-19-7-6-8-23(34)13-19/h6-17,29H,4-5,18H2,1-3H3/b28-16+/t29-/m1/s1. The number of halogens is 2. The highest BCUT2D eigenvalue weighted by atomic mass is 79.9. The largest absolute Gasteiger partial charge is 0.490 e. The van der Waals surface area contributed by atoms with E-state index in [9.17, 15) is 9.59 Å². The second kappa shape index (κ2) is 13.6. The van der Waals surface area contributed by atoms with Crippen LogP contribution in [0, 0.1) is 0 Å². The number of thiazole rings is 1. The lowest BCUT2D eigenvalue weighted by atomic mass is 9.97. The summed E-state index contributed by atoms with van der Waals surface area (Å²) in [6, 6.07) is 17.6. The minimum atomic E-state index is -0.790. The fourth-order valence-corrected chi connectivity index (χ4v) is 6.23. The summed E-state index contributed by atoms with van der Waals surface area (Å²) in [5.41, 5.74) is 2.18. The van der Waals surface area contributed by atoms with Crippen LogP contribution >= 0.6 is 38.9 Å². The van der Waals surface area contributed by atoms with Crippen molar-refractivity contribution in [2.24, 2.45) is 4.99 Å². The van der Waals surface area contributed by atoms with Gasteiger partial charge in [0.05, 0.1) is 36.5 Å². The summed E-state index contributed by atoms with van der Waals surface area (Å²) < 4.78 is 25.5. The molecule has 0 radical (unpaired) electrons. The number of hydrogen-bond donors (Lipinski definition) is 0. The molecule has 2 heterocycles. The lowest BCUT2D eigenvalue weighted by molar-refractivity contribution is -0.136. The van der Waals surface area contributed by atoms with Crippen LogP contribution in [0.5, 0.6) is 17.2 Å². The van der Waals surface area contributed by atoms with Crippen LogP contribution in [0.3, 0.4) is 0 Å². The van der Waals surface area contributed by atoms with Crippen LogP contribution in [-0.4, -0.2) is 30.9 Å². The number of aromatic nitrogens is 1. The number of fused-ring (bicyclic) bond motifs is 1. The molecule has 4 aromatic rings. The summed E-state index contributed by atoms with van der Waals surface area (Å²) >= 11 is 10.9. The smallest absolute Gasteiger partial charge is 0.337 e. The summed E-state index contributed by atoms with van der Waals surface area (Å²) in [6.07, 6.45) is 3.23. The molecule has 1 aromatic heterocycles. The minimum absolute atomic E-state index is 0.223. The predicted octanol–water partition coefficient (Wildman–Crippen LogP) is 5.81. The van der Waals surface area contributed by atoms with E-state index in [0.717, 1.165) is 10.0 Å². The summed E-state index contributed by atoms with van der Waals surface area (Å²) in [5, 5.41) is 0.625. The molecule has 0 saturated carbocycles. The monoisotopic (exact) mass is 682 g/mol. The van der Waals surface area contributed by atoms with E-state index in [1.54, 1.807) is 24.3 Å². The van der Waals surface area contributed by atoms with Crippen LogP contribution in [0.25, 0.3) is 6.08 Å². The Balaban J connectivity index is 1.60. The van der Waals surface area contributed by atoms with Crippen molar-refractivity contribution in [1.29, 1.82) is 0 Å². The molecule has 5 rings (SSSR count). The van der Waals surface area contributed by atoms with Gasteiger partial charge in [0.15, 0.2) is 16.3 Å². The molecular formula is C32H28BrClN2O6S. The van der Waals surface area contributed by atoms with Crippen LogP contribution < -0.4 is 29.1 Å². The van der Waals surface area contributed by atoms with E-state index in [0.29, 0.717) is 62.6 Å². The second-order valence-corrected chi connectivity index (χ2v) is 11.7. The van der Waals surface area contributed by atoms with Gasteiger partial charge in [0.1, 0.15) is 12.4 Å².